The van der Waals surface area contributed by atoms with Crippen LogP contribution in [0.3, 0.4) is 0 Å². The van der Waals surface area contributed by atoms with Crippen LogP contribution in [-0.4, -0.2) is 53.5 Å². The van der Waals surface area contributed by atoms with Gasteiger partial charge in [-0.3, -0.25) is 15.1 Å². The van der Waals surface area contributed by atoms with Crippen molar-refractivity contribution in [1.82, 2.24) is 20.3 Å². The van der Waals surface area contributed by atoms with Gasteiger partial charge in [-0.1, -0.05) is 18.2 Å². The largest absolute Gasteiger partial charge is 0.361 e. The van der Waals surface area contributed by atoms with Crippen molar-refractivity contribution in [3.63, 3.8) is 0 Å². The highest BCUT2D eigenvalue weighted by Gasteiger charge is 2.36. The molecule has 5 nitrogen and oxygen atoms in total. The van der Waals surface area contributed by atoms with Gasteiger partial charge in [-0.05, 0) is 49.1 Å². The first-order valence-electron chi connectivity index (χ1n) is 9.27. The molecule has 1 saturated heterocycles. The number of carbonyl (C=O) groups excluding carboxylic acids is 1. The van der Waals surface area contributed by atoms with E-state index in [4.69, 9.17) is 0 Å². The maximum atomic E-state index is 12.8. The molecule has 1 fully saturated rings. The topological polar surface area (TPSA) is 51.4 Å². The van der Waals surface area contributed by atoms with Crippen LogP contribution in [0.4, 0.5) is 0 Å². The summed E-state index contributed by atoms with van der Waals surface area (Å²) in [6.45, 7) is 2.72. The van der Waals surface area contributed by atoms with E-state index in [1.54, 1.807) is 0 Å². The van der Waals surface area contributed by atoms with Gasteiger partial charge in [0.15, 0.2) is 0 Å². The van der Waals surface area contributed by atoms with Gasteiger partial charge in [0, 0.05) is 42.8 Å². The molecule has 2 N–H and O–H groups in total. The third kappa shape index (κ3) is 2.41. The summed E-state index contributed by atoms with van der Waals surface area (Å²) in [5.74, 6) is 0.0411. The number of H-pyrrole nitrogens is 1. The fourth-order valence-electron chi connectivity index (χ4n) is 4.68. The van der Waals surface area contributed by atoms with Gasteiger partial charge in [0.2, 0.25) is 5.91 Å². The summed E-state index contributed by atoms with van der Waals surface area (Å²) in [7, 11) is 2.14. The Morgan fingerprint density at radius 2 is 2.12 bits per heavy atom. The van der Waals surface area contributed by atoms with Gasteiger partial charge in [0.25, 0.3) is 0 Å². The van der Waals surface area contributed by atoms with E-state index in [1.807, 2.05) is 0 Å². The molecule has 1 aromatic heterocycles. The fraction of sp³-hybridized carbons (Fsp3) is 0.450. The van der Waals surface area contributed by atoms with Gasteiger partial charge < -0.3 is 4.98 Å². The number of rotatable bonds is 2. The highest BCUT2D eigenvalue weighted by atomic mass is 16.2. The second kappa shape index (κ2) is 5.71. The molecular formula is C20H24N4O. The highest BCUT2D eigenvalue weighted by molar-refractivity contribution is 5.99. The highest BCUT2D eigenvalue weighted by Crippen LogP contribution is 2.40. The predicted octanol–water partition coefficient (Wildman–Crippen LogP) is 2.16. The maximum Gasteiger partial charge on any atom is 0.242 e. The van der Waals surface area contributed by atoms with Crippen LogP contribution in [0.15, 0.2) is 30.5 Å². The van der Waals surface area contributed by atoms with Gasteiger partial charge in [-0.2, -0.15) is 0 Å². The second-order valence-corrected chi connectivity index (χ2v) is 7.60. The van der Waals surface area contributed by atoms with E-state index in [1.165, 1.54) is 40.4 Å². The van der Waals surface area contributed by atoms with E-state index in [2.05, 4.69) is 57.8 Å². The molecule has 0 bridgehead atoms. The molecule has 0 radical (unpaired) electrons. The molecule has 2 atom stereocenters. The van der Waals surface area contributed by atoms with E-state index >= 15 is 0 Å². The van der Waals surface area contributed by atoms with Crippen molar-refractivity contribution in [2.45, 2.75) is 25.3 Å². The zero-order chi connectivity index (χ0) is 17.0. The van der Waals surface area contributed by atoms with Crippen molar-refractivity contribution in [2.75, 3.05) is 26.7 Å². The van der Waals surface area contributed by atoms with Gasteiger partial charge in [0.1, 0.15) is 0 Å². The lowest BCUT2D eigenvalue weighted by atomic mass is 9.80. The minimum atomic E-state index is -0.0902. The molecule has 0 unspecified atom stereocenters. The SMILES string of the molecule is CN1C[C@H](C(=O)NN2CCCC2)C=C2c3cccc4[nH]cc(c34)C[C@H]21. The van der Waals surface area contributed by atoms with Gasteiger partial charge in [-0.15, -0.1) is 0 Å². The first-order valence-corrected chi connectivity index (χ1v) is 9.27. The lowest BCUT2D eigenvalue weighted by Gasteiger charge is -2.39. The summed E-state index contributed by atoms with van der Waals surface area (Å²) in [6, 6.07) is 6.80. The molecule has 2 aromatic rings. The molecule has 1 amide bonds. The summed E-state index contributed by atoms with van der Waals surface area (Å²) < 4.78 is 0. The summed E-state index contributed by atoms with van der Waals surface area (Å²) in [6.07, 6.45) is 7.73. The summed E-state index contributed by atoms with van der Waals surface area (Å²) in [4.78, 5) is 18.5. The average molecular weight is 336 g/mol. The minimum absolute atomic E-state index is 0.0902. The fourth-order valence-corrected chi connectivity index (χ4v) is 4.68. The van der Waals surface area contributed by atoms with Crippen molar-refractivity contribution < 1.29 is 4.79 Å². The van der Waals surface area contributed by atoms with Gasteiger partial charge in [0.05, 0.1) is 5.92 Å². The van der Waals surface area contributed by atoms with E-state index in [-0.39, 0.29) is 11.8 Å². The van der Waals surface area contributed by atoms with Gasteiger partial charge >= 0.3 is 0 Å². The van der Waals surface area contributed by atoms with Crippen LogP contribution < -0.4 is 5.43 Å². The number of nitrogens with one attached hydrogen (secondary N) is 2. The van der Waals surface area contributed by atoms with Crippen LogP contribution in [0.25, 0.3) is 16.5 Å². The average Bonchev–Trinajstić information content (AvgIpc) is 3.27. The van der Waals surface area contributed by atoms with Crippen LogP contribution in [0, 0.1) is 5.92 Å². The number of nitrogens with zero attached hydrogens (tertiary/aromatic N) is 2. The molecule has 0 saturated carbocycles. The Morgan fingerprint density at radius 3 is 2.96 bits per heavy atom. The number of hydrogen-bond donors (Lipinski definition) is 2. The van der Waals surface area contributed by atoms with Crippen LogP contribution in [0.5, 0.6) is 0 Å². The Balaban J connectivity index is 1.51. The summed E-state index contributed by atoms with van der Waals surface area (Å²) in [5.41, 5.74) is 8.30. The number of aromatic amines is 1. The number of amides is 1. The van der Waals surface area contributed by atoms with Crippen LogP contribution in [0.2, 0.25) is 0 Å². The normalized spacial score (nSPS) is 26.5. The van der Waals surface area contributed by atoms with E-state index in [0.29, 0.717) is 6.04 Å². The zero-order valence-electron chi connectivity index (χ0n) is 14.6. The zero-order valence-corrected chi connectivity index (χ0v) is 14.6. The number of hydrazine groups is 1. The molecule has 3 aliphatic rings. The van der Waals surface area contributed by atoms with Crippen molar-refractivity contribution in [2.24, 2.45) is 5.92 Å². The predicted molar refractivity (Wildman–Crippen MR) is 98.8 cm³/mol. The van der Waals surface area contributed by atoms with E-state index in [0.717, 1.165) is 26.1 Å². The molecule has 0 spiro atoms. The Hall–Kier alpha value is -2.11. The smallest absolute Gasteiger partial charge is 0.242 e. The Labute approximate surface area is 147 Å². The molecular weight excluding hydrogens is 312 g/mol. The summed E-state index contributed by atoms with van der Waals surface area (Å²) in [5, 5.41) is 3.40. The molecule has 2 aliphatic heterocycles. The first kappa shape index (κ1) is 15.2. The molecule has 5 rings (SSSR count). The third-order valence-corrected chi connectivity index (χ3v) is 5.98. The van der Waals surface area contributed by atoms with Crippen molar-refractivity contribution in [3.8, 4) is 0 Å². The Morgan fingerprint density at radius 1 is 1.28 bits per heavy atom. The van der Waals surface area contributed by atoms with Crippen molar-refractivity contribution in [1.29, 1.82) is 0 Å². The number of fused-ring (bicyclic) bond motifs is 2. The molecule has 1 aliphatic carbocycles. The van der Waals surface area contributed by atoms with Crippen molar-refractivity contribution in [3.05, 3.63) is 41.6 Å². The quantitative estimate of drug-likeness (QED) is 0.884. The van der Waals surface area contributed by atoms with Crippen LogP contribution in [-0.2, 0) is 11.2 Å². The maximum absolute atomic E-state index is 12.8. The van der Waals surface area contributed by atoms with Crippen molar-refractivity contribution >= 4 is 22.4 Å². The van der Waals surface area contributed by atoms with Crippen LogP contribution >= 0.6 is 0 Å². The van der Waals surface area contributed by atoms with Gasteiger partial charge in [-0.25, -0.2) is 5.01 Å². The van der Waals surface area contributed by atoms with Crippen LogP contribution in [0.1, 0.15) is 24.0 Å². The number of benzene rings is 1. The Kier molecular flexibility index (Phi) is 3.47. The first-order chi connectivity index (χ1) is 12.2. The minimum Gasteiger partial charge on any atom is -0.361 e. The number of aromatic nitrogens is 1. The molecule has 1 aromatic carbocycles. The second-order valence-electron chi connectivity index (χ2n) is 7.60. The number of carbonyl (C=O) groups is 1. The molecule has 25 heavy (non-hydrogen) atoms. The third-order valence-electron chi connectivity index (χ3n) is 5.98. The molecule has 3 heterocycles. The monoisotopic (exact) mass is 336 g/mol. The molecule has 5 heteroatoms. The van der Waals surface area contributed by atoms with E-state index in [9.17, 15) is 4.79 Å². The lowest BCUT2D eigenvalue weighted by molar-refractivity contribution is -0.128. The summed E-state index contributed by atoms with van der Waals surface area (Å²) >= 11 is 0. The number of likely N-dealkylation sites (N-methyl/N-ethyl adjacent to an activating group) is 1. The Bertz CT molecular complexity index is 862. The standard InChI is InChI=1S/C20H24N4O/c1-23-12-14(20(25)22-24-7-2-3-8-24)9-16-15-5-4-6-17-19(15)13(11-21-17)10-18(16)23/h4-6,9,11,14,18,21H,2-3,7-8,10,12H2,1H3,(H,22,25)/t14-,18-/m1/s1. The lowest BCUT2D eigenvalue weighted by Crippen LogP contribution is -2.49. The van der Waals surface area contributed by atoms with E-state index < -0.39 is 0 Å². The number of hydrogen-bond acceptors (Lipinski definition) is 3. The molecule has 130 valence electrons.